The molecule has 0 spiro atoms. The minimum atomic E-state index is 0.160. The van der Waals surface area contributed by atoms with Gasteiger partial charge in [-0.15, -0.1) is 0 Å². The molecule has 0 saturated carbocycles. The summed E-state index contributed by atoms with van der Waals surface area (Å²) < 4.78 is 15.8. The smallest absolute Gasteiger partial charge is 0.399 e. The zero-order chi connectivity index (χ0) is 12.3. The number of benzene rings is 1. The number of aryl methyl sites for hydroxylation is 1. The second-order valence-corrected chi connectivity index (χ2v) is 3.57. The summed E-state index contributed by atoms with van der Waals surface area (Å²) in [5, 5.41) is 0. The third kappa shape index (κ3) is 2.57. The summed E-state index contributed by atoms with van der Waals surface area (Å²) in [7, 11) is 1.59. The number of ether oxygens (including phenoxy) is 2. The molecule has 0 amide bonds. The number of hydrogen-bond donors (Lipinski definition) is 1. The molecule has 0 aliphatic heterocycles. The molecular weight excluding hydrogens is 220 g/mol. The lowest BCUT2D eigenvalue weighted by molar-refractivity contribution is 0.310. The molecule has 5 nitrogen and oxygen atoms in total. The molecule has 0 bridgehead atoms. The monoisotopic (exact) mass is 234 g/mol. The topological polar surface area (TPSA) is 70.5 Å². The molecule has 1 aromatic carbocycles. The van der Waals surface area contributed by atoms with Crippen molar-refractivity contribution in [2.24, 2.45) is 5.73 Å². The number of aromatic nitrogens is 1. The van der Waals surface area contributed by atoms with E-state index in [9.17, 15) is 0 Å². The maximum absolute atomic E-state index is 5.48. The van der Waals surface area contributed by atoms with Crippen molar-refractivity contribution in [3.63, 3.8) is 0 Å². The number of nitrogens with zero attached hydrogens (tertiary/aromatic N) is 1. The SMILES string of the molecule is COc1cc(C)ccc1Oc1nc(CN)co1. The molecule has 5 heteroatoms. The molecule has 0 atom stereocenters. The van der Waals surface area contributed by atoms with Crippen LogP contribution >= 0.6 is 0 Å². The van der Waals surface area contributed by atoms with Gasteiger partial charge in [0.15, 0.2) is 11.5 Å². The highest BCUT2D eigenvalue weighted by molar-refractivity contribution is 5.43. The van der Waals surface area contributed by atoms with E-state index in [1.165, 1.54) is 6.26 Å². The fourth-order valence-electron chi connectivity index (χ4n) is 1.38. The van der Waals surface area contributed by atoms with Crippen molar-refractivity contribution in [3.05, 3.63) is 35.7 Å². The lowest BCUT2D eigenvalue weighted by atomic mass is 10.2. The third-order valence-electron chi connectivity index (χ3n) is 2.26. The van der Waals surface area contributed by atoms with Crippen molar-refractivity contribution in [2.75, 3.05) is 7.11 Å². The minimum Gasteiger partial charge on any atom is -0.493 e. The van der Waals surface area contributed by atoms with Crippen molar-refractivity contribution >= 4 is 0 Å². The minimum absolute atomic E-state index is 0.160. The average Bonchev–Trinajstić information content (AvgIpc) is 2.79. The zero-order valence-corrected chi connectivity index (χ0v) is 9.77. The fraction of sp³-hybridized carbons (Fsp3) is 0.250. The number of rotatable bonds is 4. The van der Waals surface area contributed by atoms with Gasteiger partial charge in [-0.05, 0) is 24.6 Å². The van der Waals surface area contributed by atoms with Gasteiger partial charge in [0.05, 0.1) is 12.8 Å². The second-order valence-electron chi connectivity index (χ2n) is 3.57. The van der Waals surface area contributed by atoms with Crippen LogP contribution in [0.2, 0.25) is 0 Å². The Morgan fingerprint density at radius 2 is 2.18 bits per heavy atom. The van der Waals surface area contributed by atoms with Crippen molar-refractivity contribution in [1.82, 2.24) is 4.98 Å². The van der Waals surface area contributed by atoms with E-state index < -0.39 is 0 Å². The van der Waals surface area contributed by atoms with Crippen molar-refractivity contribution in [3.8, 4) is 17.6 Å². The Kier molecular flexibility index (Phi) is 3.30. The van der Waals surface area contributed by atoms with E-state index in [1.54, 1.807) is 13.2 Å². The molecule has 0 radical (unpaired) electrons. The molecule has 2 aromatic rings. The first-order valence-electron chi connectivity index (χ1n) is 5.20. The Bertz CT molecular complexity index is 508. The first-order valence-corrected chi connectivity index (χ1v) is 5.20. The molecule has 0 aliphatic rings. The molecule has 0 unspecified atom stereocenters. The average molecular weight is 234 g/mol. The summed E-state index contributed by atoms with van der Waals surface area (Å²) in [5.74, 6) is 1.20. The summed E-state index contributed by atoms with van der Waals surface area (Å²) in [6.07, 6.45) is 1.63. The highest BCUT2D eigenvalue weighted by Gasteiger charge is 2.09. The predicted octanol–water partition coefficient (Wildman–Crippen LogP) is 2.24. The Hall–Kier alpha value is -2.01. The van der Waals surface area contributed by atoms with Crippen LogP contribution in [0.5, 0.6) is 17.6 Å². The number of oxazole rings is 1. The van der Waals surface area contributed by atoms with E-state index >= 15 is 0 Å². The van der Waals surface area contributed by atoms with Gasteiger partial charge < -0.3 is 19.6 Å². The molecule has 1 aromatic heterocycles. The standard InChI is InChI=1S/C12H14N2O3/c1-8-3-4-10(11(5-8)15-2)17-12-14-9(6-13)7-16-12/h3-5,7H,6,13H2,1-2H3. The molecule has 90 valence electrons. The van der Waals surface area contributed by atoms with E-state index in [1.807, 2.05) is 19.1 Å². The van der Waals surface area contributed by atoms with Crippen molar-refractivity contribution in [2.45, 2.75) is 13.5 Å². The van der Waals surface area contributed by atoms with Gasteiger partial charge in [-0.1, -0.05) is 6.07 Å². The summed E-state index contributed by atoms with van der Waals surface area (Å²) >= 11 is 0. The molecule has 1 heterocycles. The Morgan fingerprint density at radius 3 is 2.82 bits per heavy atom. The zero-order valence-electron chi connectivity index (χ0n) is 9.77. The summed E-state index contributed by atoms with van der Waals surface area (Å²) in [6.45, 7) is 2.29. The number of methoxy groups -OCH3 is 1. The highest BCUT2D eigenvalue weighted by atomic mass is 16.6. The van der Waals surface area contributed by atoms with Gasteiger partial charge in [0, 0.05) is 6.54 Å². The molecule has 2 rings (SSSR count). The normalized spacial score (nSPS) is 10.3. The van der Waals surface area contributed by atoms with Crippen LogP contribution in [0.25, 0.3) is 0 Å². The Labute approximate surface area is 99.2 Å². The van der Waals surface area contributed by atoms with E-state index in [2.05, 4.69) is 4.98 Å². The van der Waals surface area contributed by atoms with Crippen LogP contribution in [0.15, 0.2) is 28.9 Å². The summed E-state index contributed by atoms with van der Waals surface area (Å²) in [6, 6.07) is 5.60. The largest absolute Gasteiger partial charge is 0.493 e. The van der Waals surface area contributed by atoms with Gasteiger partial charge in [0.1, 0.15) is 6.26 Å². The van der Waals surface area contributed by atoms with E-state index in [0.29, 0.717) is 23.7 Å². The van der Waals surface area contributed by atoms with Gasteiger partial charge in [-0.25, -0.2) is 0 Å². The van der Waals surface area contributed by atoms with Crippen LogP contribution < -0.4 is 15.2 Å². The van der Waals surface area contributed by atoms with E-state index in [0.717, 1.165) is 5.56 Å². The van der Waals surface area contributed by atoms with Gasteiger partial charge in [-0.3, -0.25) is 0 Å². The lowest BCUT2D eigenvalue weighted by Gasteiger charge is -2.07. The van der Waals surface area contributed by atoms with Gasteiger partial charge >= 0.3 is 6.08 Å². The quantitative estimate of drug-likeness (QED) is 0.878. The van der Waals surface area contributed by atoms with E-state index in [4.69, 9.17) is 19.6 Å². The molecular formula is C12H14N2O3. The molecule has 0 saturated heterocycles. The third-order valence-corrected chi connectivity index (χ3v) is 2.26. The van der Waals surface area contributed by atoms with Crippen LogP contribution in [-0.4, -0.2) is 12.1 Å². The Balaban J connectivity index is 2.23. The lowest BCUT2D eigenvalue weighted by Crippen LogP contribution is -1.96. The second kappa shape index (κ2) is 4.88. The summed E-state index contributed by atoms with van der Waals surface area (Å²) in [5.41, 5.74) is 7.16. The molecule has 0 fully saturated rings. The first kappa shape index (κ1) is 11.5. The van der Waals surface area contributed by atoms with Gasteiger partial charge in [-0.2, -0.15) is 4.98 Å². The van der Waals surface area contributed by atoms with E-state index in [-0.39, 0.29) is 6.08 Å². The molecule has 0 aliphatic carbocycles. The number of nitrogens with two attached hydrogens (primary N) is 1. The van der Waals surface area contributed by atoms with Gasteiger partial charge in [0.25, 0.3) is 0 Å². The van der Waals surface area contributed by atoms with Gasteiger partial charge in [0.2, 0.25) is 0 Å². The highest BCUT2D eigenvalue weighted by Crippen LogP contribution is 2.31. The summed E-state index contributed by atoms with van der Waals surface area (Å²) in [4.78, 5) is 4.05. The fourth-order valence-corrected chi connectivity index (χ4v) is 1.38. The van der Waals surface area contributed by atoms with Crippen LogP contribution in [0, 0.1) is 6.92 Å². The predicted molar refractivity (Wildman–Crippen MR) is 62.2 cm³/mol. The van der Waals surface area contributed by atoms with Crippen LogP contribution in [0.3, 0.4) is 0 Å². The van der Waals surface area contributed by atoms with Crippen LogP contribution in [0.4, 0.5) is 0 Å². The Morgan fingerprint density at radius 1 is 1.35 bits per heavy atom. The van der Waals surface area contributed by atoms with Crippen LogP contribution in [-0.2, 0) is 6.54 Å². The maximum atomic E-state index is 5.48. The molecule has 2 N–H and O–H groups in total. The van der Waals surface area contributed by atoms with Crippen LogP contribution in [0.1, 0.15) is 11.3 Å². The van der Waals surface area contributed by atoms with Crippen molar-refractivity contribution < 1.29 is 13.9 Å². The number of hydrogen-bond acceptors (Lipinski definition) is 5. The maximum Gasteiger partial charge on any atom is 0.399 e. The van der Waals surface area contributed by atoms with Crippen molar-refractivity contribution in [1.29, 1.82) is 0 Å². The molecule has 17 heavy (non-hydrogen) atoms. The first-order chi connectivity index (χ1) is 8.22.